The van der Waals surface area contributed by atoms with Crippen LogP contribution in [0.15, 0.2) is 52.8 Å². The molecule has 0 saturated carbocycles. The van der Waals surface area contributed by atoms with Crippen molar-refractivity contribution in [2.24, 2.45) is 7.05 Å². The Kier molecular flexibility index (Phi) is 5.90. The van der Waals surface area contributed by atoms with E-state index in [1.807, 2.05) is 45.7 Å². The van der Waals surface area contributed by atoms with E-state index >= 15 is 0 Å². The highest BCUT2D eigenvalue weighted by atomic mass is 32.1. The average Bonchev–Trinajstić information content (AvgIpc) is 3.65. The minimum atomic E-state index is -0.351. The lowest BCUT2D eigenvalue weighted by Gasteiger charge is -2.15. The number of anilines is 1. The van der Waals surface area contributed by atoms with Crippen LogP contribution in [0, 0.1) is 0 Å². The molecule has 1 aromatic carbocycles. The van der Waals surface area contributed by atoms with Gasteiger partial charge >= 0.3 is 0 Å². The third kappa shape index (κ3) is 3.92. The van der Waals surface area contributed by atoms with Crippen LogP contribution < -0.4 is 16.1 Å². The molecule has 0 atom stereocenters. The number of benzene rings is 1. The van der Waals surface area contributed by atoms with E-state index in [0.717, 1.165) is 35.7 Å². The number of likely N-dealkylation sites (tertiary alicyclic amines) is 1. The summed E-state index contributed by atoms with van der Waals surface area (Å²) in [7, 11) is 1.88. The number of nitrogens with one attached hydrogen (secondary N) is 2. The molecule has 2 N–H and O–H groups in total. The van der Waals surface area contributed by atoms with Gasteiger partial charge in [-0.2, -0.15) is 0 Å². The van der Waals surface area contributed by atoms with E-state index in [1.165, 1.54) is 12.8 Å². The number of imidazole rings is 1. The summed E-state index contributed by atoms with van der Waals surface area (Å²) in [5.41, 5.74) is 2.69. The zero-order chi connectivity index (χ0) is 24.6. The van der Waals surface area contributed by atoms with Gasteiger partial charge in [0, 0.05) is 31.7 Å². The summed E-state index contributed by atoms with van der Waals surface area (Å²) in [5.74, 6) is 0.289. The van der Waals surface area contributed by atoms with E-state index in [4.69, 9.17) is 4.98 Å². The second-order valence-electron chi connectivity index (χ2n) is 9.06. The molecule has 5 heterocycles. The SMILES string of the molecule is Cn1c2ccccc2n2c3nc(NCc4nccs4)ccc3c(=O)c(C(=O)NCCN3CCCC3)c12. The van der Waals surface area contributed by atoms with Gasteiger partial charge in [-0.25, -0.2) is 9.97 Å². The molecule has 184 valence electrons. The molecule has 0 spiro atoms. The van der Waals surface area contributed by atoms with Gasteiger partial charge in [-0.1, -0.05) is 12.1 Å². The summed E-state index contributed by atoms with van der Waals surface area (Å²) in [6, 6.07) is 11.4. The van der Waals surface area contributed by atoms with Gasteiger partial charge in [0.1, 0.15) is 22.0 Å². The molecule has 6 rings (SSSR count). The first-order valence-corrected chi connectivity index (χ1v) is 13.1. The first kappa shape index (κ1) is 22.7. The number of rotatable bonds is 7. The molecule has 1 amide bonds. The number of thiazole rings is 1. The second-order valence-corrected chi connectivity index (χ2v) is 10.0. The molecule has 4 aromatic heterocycles. The van der Waals surface area contributed by atoms with Crippen molar-refractivity contribution in [3.8, 4) is 0 Å². The van der Waals surface area contributed by atoms with Gasteiger partial charge in [0.05, 0.1) is 23.0 Å². The zero-order valence-corrected chi connectivity index (χ0v) is 20.8. The fourth-order valence-corrected chi connectivity index (χ4v) is 5.63. The van der Waals surface area contributed by atoms with Crippen molar-refractivity contribution >= 4 is 50.8 Å². The summed E-state index contributed by atoms with van der Waals surface area (Å²) in [5, 5.41) is 9.59. The van der Waals surface area contributed by atoms with E-state index in [-0.39, 0.29) is 16.9 Å². The Labute approximate surface area is 211 Å². The molecule has 0 unspecified atom stereocenters. The molecular formula is C26H27N7O2S. The molecular weight excluding hydrogens is 474 g/mol. The smallest absolute Gasteiger partial charge is 0.259 e. The maximum Gasteiger partial charge on any atom is 0.259 e. The summed E-state index contributed by atoms with van der Waals surface area (Å²) >= 11 is 1.57. The molecule has 10 heteroatoms. The number of aromatic nitrogens is 4. The van der Waals surface area contributed by atoms with E-state index in [2.05, 4.69) is 20.5 Å². The fourth-order valence-electron chi connectivity index (χ4n) is 5.07. The third-order valence-corrected chi connectivity index (χ3v) is 7.62. The Morgan fingerprint density at radius 3 is 2.69 bits per heavy atom. The Morgan fingerprint density at radius 1 is 1.11 bits per heavy atom. The number of nitrogens with zero attached hydrogens (tertiary/aromatic N) is 5. The minimum absolute atomic E-state index is 0.146. The number of aryl methyl sites for hydroxylation is 1. The Balaban J connectivity index is 1.46. The summed E-state index contributed by atoms with van der Waals surface area (Å²) in [6.45, 7) is 3.96. The Bertz CT molecular complexity index is 1630. The number of carbonyl (C=O) groups excluding carboxylic acids is 1. The topological polar surface area (TPSA) is 96.6 Å². The summed E-state index contributed by atoms with van der Waals surface area (Å²) < 4.78 is 3.83. The summed E-state index contributed by atoms with van der Waals surface area (Å²) in [6.07, 6.45) is 4.17. The number of fused-ring (bicyclic) bond motifs is 5. The van der Waals surface area contributed by atoms with Crippen molar-refractivity contribution in [2.45, 2.75) is 19.4 Å². The normalized spacial score (nSPS) is 14.2. The molecule has 0 bridgehead atoms. The van der Waals surface area contributed by atoms with Crippen LogP contribution in [0.1, 0.15) is 28.2 Å². The molecule has 1 aliphatic rings. The lowest BCUT2D eigenvalue weighted by molar-refractivity contribution is 0.0950. The molecule has 0 aliphatic carbocycles. The van der Waals surface area contributed by atoms with Crippen molar-refractivity contribution in [3.05, 3.63) is 68.8 Å². The van der Waals surface area contributed by atoms with E-state index in [9.17, 15) is 9.59 Å². The first-order valence-electron chi connectivity index (χ1n) is 12.2. The maximum atomic E-state index is 13.7. The van der Waals surface area contributed by atoms with Gasteiger partial charge < -0.3 is 20.1 Å². The van der Waals surface area contributed by atoms with Gasteiger partial charge in [-0.3, -0.25) is 14.0 Å². The number of hydrogen-bond acceptors (Lipinski definition) is 7. The van der Waals surface area contributed by atoms with Crippen LogP contribution in [0.25, 0.3) is 27.7 Å². The number of carbonyl (C=O) groups is 1. The molecule has 1 aliphatic heterocycles. The monoisotopic (exact) mass is 501 g/mol. The first-order chi connectivity index (χ1) is 17.6. The number of pyridine rings is 2. The van der Waals surface area contributed by atoms with E-state index < -0.39 is 0 Å². The molecule has 5 aromatic rings. The van der Waals surface area contributed by atoms with Crippen molar-refractivity contribution < 1.29 is 4.79 Å². The molecule has 36 heavy (non-hydrogen) atoms. The van der Waals surface area contributed by atoms with Gasteiger partial charge in [0.25, 0.3) is 5.91 Å². The van der Waals surface area contributed by atoms with Gasteiger partial charge in [-0.15, -0.1) is 11.3 Å². The predicted molar refractivity (Wildman–Crippen MR) is 143 cm³/mol. The van der Waals surface area contributed by atoms with Crippen LogP contribution in [-0.4, -0.2) is 55.9 Å². The van der Waals surface area contributed by atoms with Crippen LogP contribution in [0.3, 0.4) is 0 Å². The highest BCUT2D eigenvalue weighted by Crippen LogP contribution is 2.26. The van der Waals surface area contributed by atoms with Crippen molar-refractivity contribution in [2.75, 3.05) is 31.5 Å². The molecule has 0 radical (unpaired) electrons. The lowest BCUT2D eigenvalue weighted by Crippen LogP contribution is -2.36. The quantitative estimate of drug-likeness (QED) is 0.356. The van der Waals surface area contributed by atoms with E-state index in [0.29, 0.717) is 35.6 Å². The maximum absolute atomic E-state index is 13.7. The fraction of sp³-hybridized carbons (Fsp3) is 0.308. The van der Waals surface area contributed by atoms with Crippen molar-refractivity contribution in [3.63, 3.8) is 0 Å². The van der Waals surface area contributed by atoms with Gasteiger partial charge in [-0.05, 0) is 50.2 Å². The largest absolute Gasteiger partial charge is 0.363 e. The molecule has 1 fully saturated rings. The van der Waals surface area contributed by atoms with Crippen molar-refractivity contribution in [1.29, 1.82) is 0 Å². The van der Waals surface area contributed by atoms with Crippen LogP contribution >= 0.6 is 11.3 Å². The highest BCUT2D eigenvalue weighted by Gasteiger charge is 2.24. The van der Waals surface area contributed by atoms with Crippen LogP contribution in [0.5, 0.6) is 0 Å². The Hall–Kier alpha value is -3.76. The number of hydrogen-bond donors (Lipinski definition) is 2. The summed E-state index contributed by atoms with van der Waals surface area (Å²) in [4.78, 5) is 38.6. The van der Waals surface area contributed by atoms with E-state index in [1.54, 1.807) is 29.7 Å². The number of para-hydroxylation sites is 2. The van der Waals surface area contributed by atoms with Crippen molar-refractivity contribution in [1.82, 2.24) is 29.2 Å². The lowest BCUT2D eigenvalue weighted by atomic mass is 10.1. The number of amides is 1. The average molecular weight is 502 g/mol. The van der Waals surface area contributed by atoms with Gasteiger partial charge in [0.2, 0.25) is 5.43 Å². The zero-order valence-electron chi connectivity index (χ0n) is 20.0. The molecule has 1 saturated heterocycles. The molecule has 9 nitrogen and oxygen atoms in total. The van der Waals surface area contributed by atoms with Gasteiger partial charge in [0.15, 0.2) is 5.65 Å². The minimum Gasteiger partial charge on any atom is -0.363 e. The van der Waals surface area contributed by atoms with Crippen LogP contribution in [0.4, 0.5) is 5.82 Å². The Morgan fingerprint density at radius 2 is 1.92 bits per heavy atom. The van der Waals surface area contributed by atoms with Crippen LogP contribution in [-0.2, 0) is 13.6 Å². The highest BCUT2D eigenvalue weighted by molar-refractivity contribution is 7.09. The standard InChI is InChI=1S/C26H27N7O2S/c1-31-18-6-2-3-7-19(18)33-24-17(8-9-20(30-24)29-16-21-27-11-15-36-21)23(34)22(26(31)33)25(35)28-10-14-32-12-4-5-13-32/h2-3,6-9,11,15H,4-5,10,12-14,16H2,1H3,(H,28,35)(H,29,30). The third-order valence-electron chi connectivity index (χ3n) is 6.84. The second kappa shape index (κ2) is 9.36. The van der Waals surface area contributed by atoms with Crippen LogP contribution in [0.2, 0.25) is 0 Å². The predicted octanol–water partition coefficient (Wildman–Crippen LogP) is 3.23.